The van der Waals surface area contributed by atoms with Crippen molar-refractivity contribution in [3.05, 3.63) is 0 Å². The van der Waals surface area contributed by atoms with Gasteiger partial charge in [0.1, 0.15) is 0 Å². The predicted octanol–water partition coefficient (Wildman–Crippen LogP) is 1.33. The minimum absolute atomic E-state index is 0. The van der Waals surface area contributed by atoms with Gasteiger partial charge in [-0.2, -0.15) is 0 Å². The van der Waals surface area contributed by atoms with Crippen molar-refractivity contribution in [3.8, 4) is 0 Å². The van der Waals surface area contributed by atoms with Crippen LogP contribution in [0.4, 0.5) is 18.9 Å². The van der Waals surface area contributed by atoms with Gasteiger partial charge in [-0.05, 0) is 0 Å². The molecule has 0 aliphatic heterocycles. The van der Waals surface area contributed by atoms with Gasteiger partial charge >= 0.3 is 35.7 Å². The zero-order chi connectivity index (χ0) is 6.41. The zero-order valence-corrected chi connectivity index (χ0v) is 5.61. The Morgan fingerprint density at radius 2 is 0.625 bits per heavy atom. The van der Waals surface area contributed by atoms with Gasteiger partial charge in [-0.15, -0.1) is 0 Å². The van der Waals surface area contributed by atoms with E-state index in [-0.39, 0.29) is 8.41 Å². The maximum absolute atomic E-state index is 11.3. The Bertz CT molecular complexity index is 67.1. The molecule has 0 heterocycles. The molecule has 0 unspecified atom stereocenters. The summed E-state index contributed by atoms with van der Waals surface area (Å²) in [5, 5.41) is 0. The quantitative estimate of drug-likeness (QED) is 0.468. The van der Waals surface area contributed by atoms with Crippen LogP contribution in [0.2, 0.25) is 0 Å². The molecule has 0 aliphatic rings. The summed E-state index contributed by atoms with van der Waals surface area (Å²) in [5.41, 5.74) is 0. The van der Waals surface area contributed by atoms with Crippen molar-refractivity contribution in [3.63, 3.8) is 0 Å². The van der Waals surface area contributed by atoms with Gasteiger partial charge in [0.15, 0.2) is 0 Å². The molecule has 0 aliphatic carbocycles. The van der Waals surface area contributed by atoms with Crippen LogP contribution in [-0.2, 0) is 16.7 Å². The first-order valence-corrected chi connectivity index (χ1v) is 7.58. The molecule has 0 saturated heterocycles. The normalized spacial score (nSPS) is 20.2. The summed E-state index contributed by atoms with van der Waals surface area (Å²) in [6, 6.07) is 0. The Morgan fingerprint density at radius 3 is 0.625 bits per heavy atom. The van der Waals surface area contributed by atoms with Gasteiger partial charge in [-0.3, -0.25) is 0 Å². The van der Waals surface area contributed by atoms with Gasteiger partial charge in [-0.1, -0.05) is 0 Å². The number of halogens is 6. The molecule has 0 nitrogen and oxygen atoms in total. The van der Waals surface area contributed by atoms with E-state index in [1.807, 2.05) is 0 Å². The van der Waals surface area contributed by atoms with Crippen LogP contribution in [0.3, 0.4) is 0 Å². The second kappa shape index (κ2) is 1.25. The standard InChI is InChI=1S/BH3.6FH.W/h1H3;6*1H;/q;;;;;;;+6/p-6. The molecule has 0 N–H and O–H groups in total. The Hall–Kier alpha value is 0.333. The molecule has 8 heavy (non-hydrogen) atoms. The molecule has 0 saturated carbocycles. The van der Waals surface area contributed by atoms with Crippen molar-refractivity contribution in [2.24, 2.45) is 0 Å². The number of hydrogen-bond acceptors (Lipinski definition) is 0. The third kappa shape index (κ3) is 1620. The summed E-state index contributed by atoms with van der Waals surface area (Å²) in [7, 11) is 0. The van der Waals surface area contributed by atoms with Gasteiger partial charge < -0.3 is 0 Å². The Kier molecular flexibility index (Phi) is 1.75. The SMILES string of the molecule is B.[F][W]([F])([F])([F])([F])[F]. The number of rotatable bonds is 0. The Morgan fingerprint density at radius 1 is 0.625 bits per heavy atom. The van der Waals surface area contributed by atoms with Crippen molar-refractivity contribution in [1.82, 2.24) is 0 Å². The van der Waals surface area contributed by atoms with Crippen LogP contribution in [0.1, 0.15) is 0 Å². The molecule has 0 rings (SSSR count). The van der Waals surface area contributed by atoms with Crippen LogP contribution >= 0.6 is 0 Å². The van der Waals surface area contributed by atoms with E-state index >= 15 is 0 Å². The summed E-state index contributed by atoms with van der Waals surface area (Å²) in [5.74, 6) is 0. The first kappa shape index (κ1) is 11.2. The fourth-order valence-corrected chi connectivity index (χ4v) is 0. The van der Waals surface area contributed by atoms with Crippen molar-refractivity contribution in [2.45, 2.75) is 0 Å². The van der Waals surface area contributed by atoms with E-state index in [2.05, 4.69) is 0 Å². The Balaban J connectivity index is 0. The molecule has 0 fully saturated rings. The van der Waals surface area contributed by atoms with Gasteiger partial charge in [0.2, 0.25) is 0 Å². The molecule has 0 spiro atoms. The summed E-state index contributed by atoms with van der Waals surface area (Å²) in [6.07, 6.45) is 0. The first-order valence-electron chi connectivity index (χ1n) is 0.926. The molecule has 0 bridgehead atoms. The predicted molar refractivity (Wildman–Crippen MR) is 16.6 cm³/mol. The van der Waals surface area contributed by atoms with Gasteiger partial charge in [0, 0.05) is 0 Å². The molecule has 0 aromatic heterocycles. The van der Waals surface area contributed by atoms with Crippen molar-refractivity contribution in [1.29, 1.82) is 0 Å². The van der Waals surface area contributed by atoms with Crippen molar-refractivity contribution >= 4 is 8.41 Å². The number of hydrogen-bond donors (Lipinski definition) is 0. The van der Waals surface area contributed by atoms with Crippen LogP contribution in [0.25, 0.3) is 0 Å². The fraction of sp³-hybridized carbons (Fsp3) is 0. The molecule has 0 amide bonds. The minimum atomic E-state index is -11.3. The van der Waals surface area contributed by atoms with E-state index in [0.29, 0.717) is 0 Å². The molecule has 8 heteroatoms. The van der Waals surface area contributed by atoms with E-state index < -0.39 is 16.7 Å². The monoisotopic (exact) mass is 312 g/mol. The second-order valence-corrected chi connectivity index (χ2v) is 7.16. The van der Waals surface area contributed by atoms with Crippen LogP contribution in [0.5, 0.6) is 0 Å². The van der Waals surface area contributed by atoms with E-state index in [9.17, 15) is 18.9 Å². The maximum atomic E-state index is 9.93. The first-order chi connectivity index (χ1) is 2.45. The molecule has 0 aromatic rings. The summed E-state index contributed by atoms with van der Waals surface area (Å²) < 4.78 is 59.6. The van der Waals surface area contributed by atoms with Crippen LogP contribution in [0.15, 0.2) is 0 Å². The van der Waals surface area contributed by atoms with Gasteiger partial charge in [0.25, 0.3) is 0 Å². The van der Waals surface area contributed by atoms with Crippen molar-refractivity contribution < 1.29 is 35.7 Å². The van der Waals surface area contributed by atoms with E-state index in [4.69, 9.17) is 0 Å². The van der Waals surface area contributed by atoms with Crippen LogP contribution in [0, 0.1) is 0 Å². The van der Waals surface area contributed by atoms with E-state index in [0.717, 1.165) is 0 Å². The summed E-state index contributed by atoms with van der Waals surface area (Å²) in [4.78, 5) is 0. The topological polar surface area (TPSA) is 0 Å². The third-order valence-corrected chi connectivity index (χ3v) is 0. The van der Waals surface area contributed by atoms with E-state index in [1.165, 1.54) is 0 Å². The van der Waals surface area contributed by atoms with Crippen molar-refractivity contribution in [2.75, 3.05) is 0 Å². The van der Waals surface area contributed by atoms with Gasteiger partial charge in [-0.25, -0.2) is 0 Å². The molecular formula is H3BF6W. The second-order valence-electron chi connectivity index (χ2n) is 0.875. The molecular weight excluding hydrogens is 309 g/mol. The molecule has 54 valence electrons. The molecule has 0 atom stereocenters. The Labute approximate surface area is 44.8 Å². The van der Waals surface area contributed by atoms with E-state index in [1.54, 1.807) is 0 Å². The summed E-state index contributed by atoms with van der Waals surface area (Å²) >= 11 is -11.3. The average Bonchev–Trinajstić information content (AvgIpc) is 0.592. The fourth-order valence-electron chi connectivity index (χ4n) is 0. The van der Waals surface area contributed by atoms with Crippen LogP contribution < -0.4 is 0 Å². The third-order valence-electron chi connectivity index (χ3n) is 0. The molecule has 0 aromatic carbocycles. The van der Waals surface area contributed by atoms with Gasteiger partial charge in [0.05, 0.1) is 8.41 Å². The zero-order valence-electron chi connectivity index (χ0n) is 2.68. The average molecular weight is 312 g/mol. The summed E-state index contributed by atoms with van der Waals surface area (Å²) in [6.45, 7) is 0. The van der Waals surface area contributed by atoms with Crippen LogP contribution in [-0.4, -0.2) is 8.41 Å². The molecule has 0 radical (unpaired) electrons.